The monoisotopic (exact) mass is 512 g/mol. The quantitative estimate of drug-likeness (QED) is 0.490. The van der Waals surface area contributed by atoms with Crippen molar-refractivity contribution in [2.45, 2.75) is 62.4 Å². The highest BCUT2D eigenvalue weighted by atomic mass is 32.2. The molecule has 0 saturated carbocycles. The Balaban J connectivity index is 1.32. The van der Waals surface area contributed by atoms with Gasteiger partial charge < -0.3 is 14.4 Å². The fourth-order valence-electron chi connectivity index (χ4n) is 5.99. The van der Waals surface area contributed by atoms with Crippen LogP contribution < -0.4 is 0 Å². The Kier molecular flexibility index (Phi) is 6.96. The Labute approximate surface area is 214 Å². The van der Waals surface area contributed by atoms with E-state index in [1.165, 1.54) is 32.2 Å². The number of aryl methyl sites for hydroxylation is 1. The summed E-state index contributed by atoms with van der Waals surface area (Å²) in [5, 5.41) is 0. The van der Waals surface area contributed by atoms with Gasteiger partial charge in [-0.15, -0.1) is 0 Å². The van der Waals surface area contributed by atoms with Crippen LogP contribution in [0.1, 0.15) is 51.0 Å². The number of halogens is 1. The number of likely N-dealkylation sites (tertiary alicyclic amines) is 2. The molecule has 2 saturated heterocycles. The Bertz CT molecular complexity index is 1330. The van der Waals surface area contributed by atoms with Gasteiger partial charge in [0.25, 0.3) is 0 Å². The van der Waals surface area contributed by atoms with Crippen molar-refractivity contribution >= 4 is 20.9 Å². The average Bonchev–Trinajstić information content (AvgIpc) is 3.18. The molecule has 194 valence electrons. The molecule has 0 bridgehead atoms. The smallest absolute Gasteiger partial charge is 0.175 e. The van der Waals surface area contributed by atoms with Crippen LogP contribution in [0.4, 0.5) is 4.39 Å². The summed E-state index contributed by atoms with van der Waals surface area (Å²) in [7, 11) is -1.33. The van der Waals surface area contributed by atoms with Crippen molar-refractivity contribution in [3.8, 4) is 11.4 Å². The van der Waals surface area contributed by atoms with Gasteiger partial charge in [-0.2, -0.15) is 0 Å². The topological polar surface area (TPSA) is 58.4 Å². The van der Waals surface area contributed by atoms with Gasteiger partial charge in [-0.05, 0) is 108 Å². The van der Waals surface area contributed by atoms with Crippen molar-refractivity contribution in [3.63, 3.8) is 0 Å². The zero-order valence-corrected chi connectivity index (χ0v) is 22.6. The summed E-state index contributed by atoms with van der Waals surface area (Å²) in [6.45, 7) is 8.95. The van der Waals surface area contributed by atoms with Crippen LogP contribution in [0.25, 0.3) is 22.4 Å². The molecule has 0 amide bonds. The third-order valence-electron chi connectivity index (χ3n) is 8.26. The fourth-order valence-corrected chi connectivity index (χ4v) is 6.62. The van der Waals surface area contributed by atoms with Crippen LogP contribution >= 0.6 is 0 Å². The summed E-state index contributed by atoms with van der Waals surface area (Å²) in [6, 6.07) is 11.5. The lowest BCUT2D eigenvalue weighted by Crippen LogP contribution is -2.48. The number of sulfone groups is 1. The van der Waals surface area contributed by atoms with Gasteiger partial charge in [0.2, 0.25) is 0 Å². The number of nitrogens with zero attached hydrogens (tertiary/aromatic N) is 4. The first kappa shape index (κ1) is 25.4. The summed E-state index contributed by atoms with van der Waals surface area (Å²) in [5.74, 6) is 0.737. The largest absolute Gasteiger partial charge is 0.327 e. The zero-order chi connectivity index (χ0) is 25.6. The Morgan fingerprint density at radius 3 is 2.19 bits per heavy atom. The van der Waals surface area contributed by atoms with E-state index in [-0.39, 0.29) is 16.6 Å². The van der Waals surface area contributed by atoms with Gasteiger partial charge in [0, 0.05) is 37.0 Å². The minimum atomic E-state index is -3.26. The molecule has 1 aromatic heterocycles. The molecule has 0 N–H and O–H groups in total. The van der Waals surface area contributed by atoms with Crippen LogP contribution in [-0.4, -0.2) is 72.3 Å². The van der Waals surface area contributed by atoms with Gasteiger partial charge in [-0.25, -0.2) is 17.8 Å². The lowest BCUT2D eigenvalue weighted by Gasteiger charge is -2.42. The van der Waals surface area contributed by atoms with E-state index >= 15 is 4.39 Å². The molecule has 3 heterocycles. The number of rotatable bonds is 5. The second-order valence-electron chi connectivity index (χ2n) is 10.8. The van der Waals surface area contributed by atoms with Crippen LogP contribution in [0.2, 0.25) is 0 Å². The average molecular weight is 513 g/mol. The molecule has 5 rings (SSSR count). The predicted molar refractivity (Wildman–Crippen MR) is 142 cm³/mol. The number of hydrogen-bond donors (Lipinski definition) is 0. The standard InChI is InChI=1S/C28H37FN4O2S/c1-19(2)32-15-11-22(12-16-32)33-13-9-20(10-14-33)24-17-27-26(18-25(24)29)30-28(31(27)3)21-5-7-23(8-6-21)36(4,34)35/h5-8,17-20,22H,9-16H2,1-4H3. The van der Waals surface area contributed by atoms with E-state index in [9.17, 15) is 8.42 Å². The number of fused-ring (bicyclic) bond motifs is 1. The second kappa shape index (κ2) is 9.88. The van der Waals surface area contributed by atoms with E-state index in [1.54, 1.807) is 30.3 Å². The molecule has 2 fully saturated rings. The predicted octanol–water partition coefficient (Wildman–Crippen LogP) is 4.84. The van der Waals surface area contributed by atoms with E-state index < -0.39 is 9.84 Å². The van der Waals surface area contributed by atoms with Crippen molar-refractivity contribution in [2.75, 3.05) is 32.4 Å². The second-order valence-corrected chi connectivity index (χ2v) is 12.8. The van der Waals surface area contributed by atoms with Crippen LogP contribution in [0.5, 0.6) is 0 Å². The minimum absolute atomic E-state index is 0.178. The third-order valence-corrected chi connectivity index (χ3v) is 9.38. The molecule has 0 radical (unpaired) electrons. The van der Waals surface area contributed by atoms with Gasteiger partial charge >= 0.3 is 0 Å². The normalized spacial score (nSPS) is 19.5. The van der Waals surface area contributed by atoms with Crippen molar-refractivity contribution in [1.29, 1.82) is 0 Å². The highest BCUT2D eigenvalue weighted by Gasteiger charge is 2.30. The van der Waals surface area contributed by atoms with Crippen LogP contribution in [0.15, 0.2) is 41.3 Å². The van der Waals surface area contributed by atoms with Gasteiger partial charge in [-0.1, -0.05) is 0 Å². The summed E-state index contributed by atoms with van der Waals surface area (Å²) >= 11 is 0. The SMILES string of the molecule is CC(C)N1CCC(N2CCC(c3cc4c(cc3F)nc(-c3ccc(S(C)(=O)=O)cc3)n4C)CC2)CC1. The molecule has 0 aliphatic carbocycles. The first-order valence-corrected chi connectivity index (χ1v) is 15.0. The van der Waals surface area contributed by atoms with E-state index in [0.717, 1.165) is 42.6 Å². The summed E-state index contributed by atoms with van der Waals surface area (Å²) in [6.07, 6.45) is 5.61. The molecule has 2 aromatic carbocycles. The molecule has 2 aliphatic rings. The molecule has 0 unspecified atom stereocenters. The third kappa shape index (κ3) is 4.95. The van der Waals surface area contributed by atoms with Gasteiger partial charge in [0.1, 0.15) is 11.6 Å². The molecule has 3 aromatic rings. The molecule has 2 aliphatic heterocycles. The van der Waals surface area contributed by atoms with E-state index in [0.29, 0.717) is 23.4 Å². The number of imidazole rings is 1. The lowest BCUT2D eigenvalue weighted by atomic mass is 9.87. The van der Waals surface area contributed by atoms with E-state index in [2.05, 4.69) is 28.6 Å². The lowest BCUT2D eigenvalue weighted by molar-refractivity contribution is 0.0750. The number of benzene rings is 2. The Morgan fingerprint density at radius 1 is 0.972 bits per heavy atom. The van der Waals surface area contributed by atoms with Crippen LogP contribution in [0, 0.1) is 5.82 Å². The maximum Gasteiger partial charge on any atom is 0.175 e. The minimum Gasteiger partial charge on any atom is -0.327 e. The fraction of sp³-hybridized carbons (Fsp3) is 0.536. The molecular weight excluding hydrogens is 475 g/mol. The summed E-state index contributed by atoms with van der Waals surface area (Å²) in [5.41, 5.74) is 3.12. The highest BCUT2D eigenvalue weighted by Crippen LogP contribution is 2.35. The van der Waals surface area contributed by atoms with Crippen LogP contribution in [0.3, 0.4) is 0 Å². The molecule has 0 spiro atoms. The first-order chi connectivity index (χ1) is 17.1. The number of hydrogen-bond acceptors (Lipinski definition) is 5. The number of aromatic nitrogens is 2. The van der Waals surface area contributed by atoms with Crippen molar-refractivity contribution in [3.05, 3.63) is 47.8 Å². The zero-order valence-electron chi connectivity index (χ0n) is 21.7. The molecule has 36 heavy (non-hydrogen) atoms. The van der Waals surface area contributed by atoms with Gasteiger partial charge in [0.05, 0.1) is 15.9 Å². The number of piperidine rings is 2. The van der Waals surface area contributed by atoms with Crippen LogP contribution in [-0.2, 0) is 16.9 Å². The maximum absolute atomic E-state index is 15.3. The van der Waals surface area contributed by atoms with E-state index in [4.69, 9.17) is 0 Å². The van der Waals surface area contributed by atoms with Crippen molar-refractivity contribution < 1.29 is 12.8 Å². The molecule has 8 heteroatoms. The molecule has 0 atom stereocenters. The summed E-state index contributed by atoms with van der Waals surface area (Å²) in [4.78, 5) is 10.1. The van der Waals surface area contributed by atoms with Crippen molar-refractivity contribution in [1.82, 2.24) is 19.4 Å². The first-order valence-electron chi connectivity index (χ1n) is 13.1. The highest BCUT2D eigenvalue weighted by molar-refractivity contribution is 7.90. The van der Waals surface area contributed by atoms with E-state index in [1.807, 2.05) is 17.7 Å². The molecule has 6 nitrogen and oxygen atoms in total. The maximum atomic E-state index is 15.3. The molecular formula is C28H37FN4O2S. The Morgan fingerprint density at radius 2 is 1.61 bits per heavy atom. The van der Waals surface area contributed by atoms with Gasteiger partial charge in [-0.3, -0.25) is 0 Å². The summed E-state index contributed by atoms with van der Waals surface area (Å²) < 4.78 is 40.8. The van der Waals surface area contributed by atoms with Crippen molar-refractivity contribution in [2.24, 2.45) is 7.05 Å². The Hall–Kier alpha value is -2.29. The van der Waals surface area contributed by atoms with Gasteiger partial charge in [0.15, 0.2) is 9.84 Å².